The molecule has 7 heteroatoms. The Morgan fingerprint density at radius 2 is 2.00 bits per heavy atom. The van der Waals surface area contributed by atoms with E-state index < -0.39 is 5.97 Å². The van der Waals surface area contributed by atoms with E-state index in [1.807, 2.05) is 24.3 Å². The number of anilines is 1. The Kier molecular flexibility index (Phi) is 5.06. The van der Waals surface area contributed by atoms with Crippen LogP contribution < -0.4 is 10.2 Å². The van der Waals surface area contributed by atoms with E-state index in [1.54, 1.807) is 11.8 Å². The highest BCUT2D eigenvalue weighted by Gasteiger charge is 2.22. The third-order valence-electron chi connectivity index (χ3n) is 4.36. The van der Waals surface area contributed by atoms with E-state index in [2.05, 4.69) is 5.32 Å². The van der Waals surface area contributed by atoms with Crippen molar-refractivity contribution >= 4 is 23.5 Å². The van der Waals surface area contributed by atoms with Crippen molar-refractivity contribution < 1.29 is 23.9 Å². The minimum absolute atomic E-state index is 0.132. The fraction of sp³-hybridized carbons (Fsp3) is 0.316. The van der Waals surface area contributed by atoms with E-state index in [-0.39, 0.29) is 29.6 Å². The topological polar surface area (TPSA) is 99.8 Å². The molecule has 3 rings (SSSR count). The van der Waals surface area contributed by atoms with E-state index in [0.29, 0.717) is 18.5 Å². The first-order valence-electron chi connectivity index (χ1n) is 8.42. The zero-order chi connectivity index (χ0) is 18.7. The lowest BCUT2D eigenvalue weighted by Gasteiger charge is -2.16. The highest BCUT2D eigenvalue weighted by molar-refractivity contribution is 5.97. The van der Waals surface area contributed by atoms with Crippen molar-refractivity contribution in [1.82, 2.24) is 5.32 Å². The number of carbonyl (C=O) groups is 3. The summed E-state index contributed by atoms with van der Waals surface area (Å²) in [5.41, 5.74) is 2.61. The van der Waals surface area contributed by atoms with Gasteiger partial charge in [-0.05, 0) is 31.0 Å². The quantitative estimate of drug-likeness (QED) is 0.827. The summed E-state index contributed by atoms with van der Waals surface area (Å²) in [5.74, 6) is -1.14. The number of carboxylic acid groups (broad SMARTS) is 1. The van der Waals surface area contributed by atoms with Crippen LogP contribution in [0.1, 0.15) is 40.1 Å². The molecule has 2 amide bonds. The summed E-state index contributed by atoms with van der Waals surface area (Å²) in [6.45, 7) is 2.73. The molecular weight excluding hydrogens is 336 g/mol. The molecule has 2 aromatic rings. The second-order valence-electron chi connectivity index (χ2n) is 6.29. The van der Waals surface area contributed by atoms with Crippen LogP contribution in [0, 0.1) is 6.92 Å². The first-order chi connectivity index (χ1) is 12.5. The predicted molar refractivity (Wildman–Crippen MR) is 94.0 cm³/mol. The van der Waals surface area contributed by atoms with Gasteiger partial charge in [-0.3, -0.25) is 14.4 Å². The first kappa shape index (κ1) is 17.7. The normalized spacial score (nSPS) is 13.9. The largest absolute Gasteiger partial charge is 0.481 e. The highest BCUT2D eigenvalue weighted by atomic mass is 16.4. The molecule has 1 aliphatic rings. The summed E-state index contributed by atoms with van der Waals surface area (Å²) in [7, 11) is 0. The van der Waals surface area contributed by atoms with Crippen molar-refractivity contribution in [2.75, 3.05) is 11.4 Å². The van der Waals surface area contributed by atoms with Gasteiger partial charge in [-0.25, -0.2) is 0 Å². The molecule has 0 unspecified atom stereocenters. The Labute approximate surface area is 150 Å². The number of nitrogens with one attached hydrogen (secondary N) is 1. The number of nitrogens with zero attached hydrogens (tertiary/aromatic N) is 1. The van der Waals surface area contributed by atoms with Crippen molar-refractivity contribution in [2.45, 2.75) is 32.7 Å². The Hall–Kier alpha value is -3.09. The third kappa shape index (κ3) is 3.77. The van der Waals surface area contributed by atoms with Gasteiger partial charge in [0.15, 0.2) is 0 Å². The maximum Gasteiger partial charge on any atom is 0.311 e. The molecule has 26 heavy (non-hydrogen) atoms. The van der Waals surface area contributed by atoms with Crippen LogP contribution >= 0.6 is 0 Å². The number of carbonyl (C=O) groups excluding carboxylic acids is 2. The van der Waals surface area contributed by atoms with Gasteiger partial charge >= 0.3 is 5.97 Å². The van der Waals surface area contributed by atoms with Gasteiger partial charge < -0.3 is 19.7 Å². The Morgan fingerprint density at radius 3 is 2.62 bits per heavy atom. The minimum Gasteiger partial charge on any atom is -0.481 e. The van der Waals surface area contributed by atoms with Crippen LogP contribution in [-0.4, -0.2) is 29.4 Å². The summed E-state index contributed by atoms with van der Waals surface area (Å²) < 4.78 is 5.18. The van der Waals surface area contributed by atoms with Gasteiger partial charge in [-0.2, -0.15) is 0 Å². The van der Waals surface area contributed by atoms with Crippen molar-refractivity contribution in [3.63, 3.8) is 0 Å². The molecule has 0 spiro atoms. The van der Waals surface area contributed by atoms with E-state index in [0.717, 1.165) is 24.2 Å². The van der Waals surface area contributed by atoms with Crippen LogP contribution in [0.4, 0.5) is 5.69 Å². The SMILES string of the molecule is Cc1coc(CC(=O)O)c1C(=O)NCc1ccc(N2CCCC2=O)cc1. The number of furan rings is 1. The molecule has 1 aromatic heterocycles. The average Bonchev–Trinajstić information content (AvgIpc) is 3.18. The minimum atomic E-state index is -1.06. The number of aryl methyl sites for hydroxylation is 1. The molecule has 0 bridgehead atoms. The Balaban J connectivity index is 1.64. The molecule has 1 aliphatic heterocycles. The summed E-state index contributed by atoms with van der Waals surface area (Å²) in [4.78, 5) is 36.8. The van der Waals surface area contributed by atoms with Crippen LogP contribution in [0.3, 0.4) is 0 Å². The smallest absolute Gasteiger partial charge is 0.311 e. The number of benzene rings is 1. The van der Waals surface area contributed by atoms with Crippen molar-refractivity contribution in [3.8, 4) is 0 Å². The lowest BCUT2D eigenvalue weighted by Crippen LogP contribution is -2.25. The van der Waals surface area contributed by atoms with Gasteiger partial charge in [0, 0.05) is 30.8 Å². The number of rotatable bonds is 6. The van der Waals surface area contributed by atoms with Gasteiger partial charge in [0.1, 0.15) is 12.2 Å². The van der Waals surface area contributed by atoms with Crippen LogP contribution in [-0.2, 0) is 22.6 Å². The molecular formula is C19H20N2O5. The second-order valence-corrected chi connectivity index (χ2v) is 6.29. The number of hydrogen-bond donors (Lipinski definition) is 2. The molecule has 0 saturated carbocycles. The van der Waals surface area contributed by atoms with Gasteiger partial charge in [0.25, 0.3) is 5.91 Å². The monoisotopic (exact) mass is 356 g/mol. The molecule has 7 nitrogen and oxygen atoms in total. The van der Waals surface area contributed by atoms with Crippen molar-refractivity contribution in [2.24, 2.45) is 0 Å². The molecule has 0 radical (unpaired) electrons. The van der Waals surface area contributed by atoms with E-state index >= 15 is 0 Å². The molecule has 0 aliphatic carbocycles. The van der Waals surface area contributed by atoms with E-state index in [4.69, 9.17) is 9.52 Å². The van der Waals surface area contributed by atoms with Crippen molar-refractivity contribution in [1.29, 1.82) is 0 Å². The average molecular weight is 356 g/mol. The number of amides is 2. The van der Waals surface area contributed by atoms with Crippen LogP contribution in [0.25, 0.3) is 0 Å². The van der Waals surface area contributed by atoms with Gasteiger partial charge in [-0.1, -0.05) is 12.1 Å². The van der Waals surface area contributed by atoms with Gasteiger partial charge in [0.05, 0.1) is 11.8 Å². The number of carboxylic acids is 1. The van der Waals surface area contributed by atoms with E-state index in [9.17, 15) is 14.4 Å². The van der Waals surface area contributed by atoms with Crippen LogP contribution in [0.2, 0.25) is 0 Å². The van der Waals surface area contributed by atoms with Gasteiger partial charge in [-0.15, -0.1) is 0 Å². The lowest BCUT2D eigenvalue weighted by atomic mass is 10.1. The predicted octanol–water partition coefficient (Wildman–Crippen LogP) is 2.27. The fourth-order valence-electron chi connectivity index (χ4n) is 3.06. The first-order valence-corrected chi connectivity index (χ1v) is 8.42. The second kappa shape index (κ2) is 7.43. The molecule has 0 atom stereocenters. The zero-order valence-corrected chi connectivity index (χ0v) is 14.4. The molecule has 2 heterocycles. The Morgan fingerprint density at radius 1 is 1.27 bits per heavy atom. The highest BCUT2D eigenvalue weighted by Crippen LogP contribution is 2.22. The summed E-state index contributed by atoms with van der Waals surface area (Å²) in [5, 5.41) is 11.7. The maximum atomic E-state index is 12.4. The van der Waals surface area contributed by atoms with Crippen molar-refractivity contribution in [3.05, 3.63) is 53.0 Å². The molecule has 136 valence electrons. The standard InChI is InChI=1S/C19H20N2O5/c1-12-11-26-15(9-17(23)24)18(12)19(25)20-10-13-4-6-14(7-5-13)21-8-2-3-16(21)22/h4-7,11H,2-3,8-10H2,1H3,(H,20,25)(H,23,24). The number of hydrogen-bond acceptors (Lipinski definition) is 4. The lowest BCUT2D eigenvalue weighted by molar-refractivity contribution is -0.136. The molecule has 1 aromatic carbocycles. The summed E-state index contributed by atoms with van der Waals surface area (Å²) in [6.07, 6.45) is 2.50. The number of aliphatic carboxylic acids is 1. The van der Waals surface area contributed by atoms with Gasteiger partial charge in [0.2, 0.25) is 5.91 Å². The molecule has 1 saturated heterocycles. The van der Waals surface area contributed by atoms with E-state index in [1.165, 1.54) is 6.26 Å². The fourth-order valence-corrected chi connectivity index (χ4v) is 3.06. The van der Waals surface area contributed by atoms with Crippen LogP contribution in [0.15, 0.2) is 34.9 Å². The third-order valence-corrected chi connectivity index (χ3v) is 4.36. The van der Waals surface area contributed by atoms with Crippen LogP contribution in [0.5, 0.6) is 0 Å². The zero-order valence-electron chi connectivity index (χ0n) is 14.4. The Bertz CT molecular complexity index is 838. The summed E-state index contributed by atoms with van der Waals surface area (Å²) in [6, 6.07) is 7.45. The summed E-state index contributed by atoms with van der Waals surface area (Å²) >= 11 is 0. The molecule has 2 N–H and O–H groups in total. The maximum absolute atomic E-state index is 12.4. The molecule has 1 fully saturated rings.